The fraction of sp³-hybridized carbons (Fsp3) is 0.611. The second-order valence-corrected chi connectivity index (χ2v) is 7.88. The minimum absolute atomic E-state index is 0.284. The molecule has 122 valence electrons. The number of anilines is 2. The normalized spacial score (nSPS) is 17.0. The van der Waals surface area contributed by atoms with Crippen molar-refractivity contribution in [2.75, 3.05) is 16.8 Å². The van der Waals surface area contributed by atoms with Crippen LogP contribution in [-0.2, 0) is 4.74 Å². The molecule has 1 N–H and O–H groups in total. The molecule has 0 unspecified atom stereocenters. The summed E-state index contributed by atoms with van der Waals surface area (Å²) in [5.74, 6) is 0.329. The van der Waals surface area contributed by atoms with Gasteiger partial charge in [-0.1, -0.05) is 26.0 Å². The molecule has 4 nitrogen and oxygen atoms in total. The number of nitrogens with zero attached hydrogens (tertiary/aromatic N) is 1. The van der Waals surface area contributed by atoms with Crippen molar-refractivity contribution in [3.63, 3.8) is 0 Å². The van der Waals surface area contributed by atoms with Gasteiger partial charge in [0, 0.05) is 6.54 Å². The number of amides is 1. The molecule has 1 amide bonds. The van der Waals surface area contributed by atoms with E-state index in [1.807, 2.05) is 37.8 Å². The van der Waals surface area contributed by atoms with E-state index in [4.69, 9.17) is 4.74 Å². The molecule has 0 radical (unpaired) electrons. The zero-order valence-corrected chi connectivity index (χ0v) is 14.8. The maximum absolute atomic E-state index is 12.8. The fourth-order valence-electron chi connectivity index (χ4n) is 2.76. The van der Waals surface area contributed by atoms with Crippen LogP contribution in [0.1, 0.15) is 59.9 Å². The number of carbonyl (C=O) groups excluding carboxylic acids is 1. The number of nitrogens with one attached hydrogen (secondary N) is 1. The highest BCUT2D eigenvalue weighted by Gasteiger charge is 2.40. The third-order valence-electron chi connectivity index (χ3n) is 3.81. The standard InChI is InChI=1S/C18H28N2O2/c1-12(2)13-9-8-10-14-15(13)20(18(6,7)11-19-14)16(21)22-17(3,4)5/h8-10,12,19H,11H2,1-7H3. The van der Waals surface area contributed by atoms with Crippen LogP contribution in [0, 0.1) is 0 Å². The van der Waals surface area contributed by atoms with E-state index in [0.29, 0.717) is 12.5 Å². The lowest BCUT2D eigenvalue weighted by molar-refractivity contribution is 0.0546. The first-order valence-electron chi connectivity index (χ1n) is 7.93. The van der Waals surface area contributed by atoms with E-state index in [9.17, 15) is 4.79 Å². The molecule has 2 rings (SSSR count). The third-order valence-corrected chi connectivity index (χ3v) is 3.81. The molecule has 0 saturated carbocycles. The van der Waals surface area contributed by atoms with Crippen molar-refractivity contribution in [2.24, 2.45) is 0 Å². The van der Waals surface area contributed by atoms with Gasteiger partial charge in [0.25, 0.3) is 0 Å². The summed E-state index contributed by atoms with van der Waals surface area (Å²) in [4.78, 5) is 14.7. The molecule has 1 aromatic carbocycles. The van der Waals surface area contributed by atoms with Gasteiger partial charge in [-0.3, -0.25) is 4.90 Å². The van der Waals surface area contributed by atoms with Gasteiger partial charge in [-0.05, 0) is 52.2 Å². The second-order valence-electron chi connectivity index (χ2n) is 7.88. The Balaban J connectivity index is 2.55. The summed E-state index contributed by atoms with van der Waals surface area (Å²) in [7, 11) is 0. The van der Waals surface area contributed by atoms with Crippen molar-refractivity contribution in [3.8, 4) is 0 Å². The Hall–Kier alpha value is -1.71. The van der Waals surface area contributed by atoms with Crippen molar-refractivity contribution in [3.05, 3.63) is 23.8 Å². The molecule has 1 aliphatic rings. The van der Waals surface area contributed by atoms with Crippen LogP contribution in [0.15, 0.2) is 18.2 Å². The SMILES string of the molecule is CC(C)c1cccc2c1N(C(=O)OC(C)(C)C)C(C)(C)CN2. The number of hydrogen-bond acceptors (Lipinski definition) is 3. The summed E-state index contributed by atoms with van der Waals surface area (Å²) in [6.45, 7) is 14.8. The highest BCUT2D eigenvalue weighted by molar-refractivity contribution is 5.96. The van der Waals surface area contributed by atoms with Gasteiger partial charge in [-0.2, -0.15) is 0 Å². The largest absolute Gasteiger partial charge is 0.443 e. The number of rotatable bonds is 1. The van der Waals surface area contributed by atoms with Gasteiger partial charge in [0.15, 0.2) is 0 Å². The molecule has 0 atom stereocenters. The number of para-hydroxylation sites is 1. The van der Waals surface area contributed by atoms with Gasteiger partial charge in [-0.25, -0.2) is 4.79 Å². The van der Waals surface area contributed by atoms with Crippen molar-refractivity contribution in [1.29, 1.82) is 0 Å². The molecule has 0 saturated heterocycles. The maximum Gasteiger partial charge on any atom is 0.415 e. The molecule has 0 fully saturated rings. The van der Waals surface area contributed by atoms with Gasteiger partial charge in [-0.15, -0.1) is 0 Å². The summed E-state index contributed by atoms with van der Waals surface area (Å²) < 4.78 is 5.66. The summed E-state index contributed by atoms with van der Waals surface area (Å²) in [6, 6.07) is 6.14. The van der Waals surface area contributed by atoms with Crippen LogP contribution in [0.25, 0.3) is 0 Å². The van der Waals surface area contributed by atoms with E-state index in [-0.39, 0.29) is 11.6 Å². The zero-order valence-electron chi connectivity index (χ0n) is 14.8. The Morgan fingerprint density at radius 1 is 1.32 bits per heavy atom. The molecule has 0 spiro atoms. The van der Waals surface area contributed by atoms with Crippen LogP contribution >= 0.6 is 0 Å². The summed E-state index contributed by atoms with van der Waals surface area (Å²) in [5, 5.41) is 3.45. The highest BCUT2D eigenvalue weighted by atomic mass is 16.6. The van der Waals surface area contributed by atoms with E-state index in [0.717, 1.165) is 16.9 Å². The average Bonchev–Trinajstić information content (AvgIpc) is 2.34. The van der Waals surface area contributed by atoms with Gasteiger partial charge < -0.3 is 10.1 Å². The summed E-state index contributed by atoms with van der Waals surface area (Å²) in [5.41, 5.74) is 2.24. The van der Waals surface area contributed by atoms with Crippen LogP contribution in [0.2, 0.25) is 0 Å². The zero-order chi connectivity index (χ0) is 16.7. The third kappa shape index (κ3) is 3.21. The van der Waals surface area contributed by atoms with Gasteiger partial charge >= 0.3 is 6.09 Å². The Labute approximate surface area is 133 Å². The molecule has 4 heteroatoms. The summed E-state index contributed by atoms with van der Waals surface area (Å²) in [6.07, 6.45) is -0.284. The van der Waals surface area contributed by atoms with E-state index < -0.39 is 5.60 Å². The van der Waals surface area contributed by atoms with E-state index >= 15 is 0 Å². The smallest absolute Gasteiger partial charge is 0.415 e. The molecule has 0 aromatic heterocycles. The predicted octanol–water partition coefficient (Wildman–Crippen LogP) is 4.76. The second kappa shape index (κ2) is 5.49. The molecule has 0 bridgehead atoms. The van der Waals surface area contributed by atoms with Gasteiger partial charge in [0.2, 0.25) is 0 Å². The van der Waals surface area contributed by atoms with Crippen molar-refractivity contribution in [1.82, 2.24) is 0 Å². The number of fused-ring (bicyclic) bond motifs is 1. The Kier molecular flexibility index (Phi) is 4.16. The molecule has 1 aromatic rings. The van der Waals surface area contributed by atoms with Crippen molar-refractivity contribution in [2.45, 2.75) is 65.5 Å². The first-order valence-corrected chi connectivity index (χ1v) is 7.93. The van der Waals surface area contributed by atoms with Gasteiger partial charge in [0.05, 0.1) is 16.9 Å². The van der Waals surface area contributed by atoms with Gasteiger partial charge in [0.1, 0.15) is 5.60 Å². The molecule has 1 aliphatic heterocycles. The first-order chi connectivity index (χ1) is 10.0. The quantitative estimate of drug-likeness (QED) is 0.813. The first kappa shape index (κ1) is 16.7. The predicted molar refractivity (Wildman–Crippen MR) is 91.8 cm³/mol. The molecule has 0 aliphatic carbocycles. The summed E-state index contributed by atoms with van der Waals surface area (Å²) >= 11 is 0. The van der Waals surface area contributed by atoms with Crippen LogP contribution in [-0.4, -0.2) is 23.8 Å². The van der Waals surface area contributed by atoms with E-state index in [2.05, 4.69) is 39.1 Å². The number of carbonyl (C=O) groups is 1. The lowest BCUT2D eigenvalue weighted by atomic mass is 9.92. The van der Waals surface area contributed by atoms with Crippen LogP contribution in [0.5, 0.6) is 0 Å². The Bertz CT molecular complexity index is 571. The van der Waals surface area contributed by atoms with Crippen LogP contribution in [0.3, 0.4) is 0 Å². The van der Waals surface area contributed by atoms with Crippen LogP contribution < -0.4 is 10.2 Å². The van der Waals surface area contributed by atoms with Crippen molar-refractivity contribution < 1.29 is 9.53 Å². The topological polar surface area (TPSA) is 41.6 Å². The number of hydrogen-bond donors (Lipinski definition) is 1. The minimum atomic E-state index is -0.509. The average molecular weight is 304 g/mol. The number of ether oxygens (including phenoxy) is 1. The Morgan fingerprint density at radius 2 is 1.95 bits per heavy atom. The lowest BCUT2D eigenvalue weighted by Gasteiger charge is -2.45. The van der Waals surface area contributed by atoms with Crippen molar-refractivity contribution >= 4 is 17.5 Å². The number of benzene rings is 1. The maximum atomic E-state index is 12.8. The molecular formula is C18H28N2O2. The monoisotopic (exact) mass is 304 g/mol. The molecule has 22 heavy (non-hydrogen) atoms. The highest BCUT2D eigenvalue weighted by Crippen LogP contribution is 2.42. The van der Waals surface area contributed by atoms with E-state index in [1.54, 1.807) is 0 Å². The molecular weight excluding hydrogens is 276 g/mol. The minimum Gasteiger partial charge on any atom is -0.443 e. The lowest BCUT2D eigenvalue weighted by Crippen LogP contribution is -2.56. The van der Waals surface area contributed by atoms with Crippen LogP contribution in [0.4, 0.5) is 16.2 Å². The fourth-order valence-corrected chi connectivity index (χ4v) is 2.76. The van der Waals surface area contributed by atoms with E-state index in [1.165, 1.54) is 0 Å². The Morgan fingerprint density at radius 3 is 2.50 bits per heavy atom. The molecule has 1 heterocycles.